The van der Waals surface area contributed by atoms with Crippen LogP contribution in [0.5, 0.6) is 0 Å². The van der Waals surface area contributed by atoms with Crippen molar-refractivity contribution in [2.24, 2.45) is 5.92 Å². The van der Waals surface area contributed by atoms with Gasteiger partial charge in [0.25, 0.3) is 0 Å². The summed E-state index contributed by atoms with van der Waals surface area (Å²) >= 11 is 0. The van der Waals surface area contributed by atoms with Gasteiger partial charge in [-0.1, -0.05) is 13.8 Å². The van der Waals surface area contributed by atoms with Crippen molar-refractivity contribution < 1.29 is 5.11 Å². The van der Waals surface area contributed by atoms with Gasteiger partial charge in [-0.3, -0.25) is 0 Å². The molecular weight excluding hydrogens is 238 g/mol. The van der Waals surface area contributed by atoms with Crippen LogP contribution in [-0.2, 0) is 12.8 Å². The van der Waals surface area contributed by atoms with Crippen LogP contribution in [0.3, 0.4) is 0 Å². The number of anilines is 1. The third kappa shape index (κ3) is 3.66. The lowest BCUT2D eigenvalue weighted by Crippen LogP contribution is -2.20. The maximum absolute atomic E-state index is 9.82. The fraction of sp³-hybridized carbons (Fsp3) is 0.733. The van der Waals surface area contributed by atoms with Crippen LogP contribution >= 0.6 is 0 Å². The Morgan fingerprint density at radius 3 is 2.68 bits per heavy atom. The topological polar surface area (TPSA) is 58.0 Å². The van der Waals surface area contributed by atoms with E-state index in [0.717, 1.165) is 37.4 Å². The zero-order valence-electron chi connectivity index (χ0n) is 12.2. The minimum atomic E-state index is -0.244. The number of rotatable bonds is 5. The van der Waals surface area contributed by atoms with Gasteiger partial charge >= 0.3 is 0 Å². The quantitative estimate of drug-likeness (QED) is 0.857. The molecule has 1 heterocycles. The molecule has 1 unspecified atom stereocenters. The summed E-state index contributed by atoms with van der Waals surface area (Å²) in [6.45, 7) is 6.80. The van der Waals surface area contributed by atoms with E-state index in [0.29, 0.717) is 5.92 Å². The molecule has 0 spiro atoms. The molecule has 4 nitrogen and oxygen atoms in total. The van der Waals surface area contributed by atoms with Crippen molar-refractivity contribution in [3.05, 3.63) is 17.1 Å². The Morgan fingerprint density at radius 2 is 1.95 bits per heavy atom. The maximum atomic E-state index is 9.82. The van der Waals surface area contributed by atoms with Crippen molar-refractivity contribution in [2.75, 3.05) is 11.9 Å². The highest BCUT2D eigenvalue weighted by molar-refractivity contribution is 5.47. The van der Waals surface area contributed by atoms with E-state index in [1.807, 2.05) is 20.8 Å². The average molecular weight is 263 g/mol. The van der Waals surface area contributed by atoms with Gasteiger partial charge in [-0.25, -0.2) is 9.97 Å². The Labute approximate surface area is 115 Å². The zero-order chi connectivity index (χ0) is 13.8. The van der Waals surface area contributed by atoms with Crippen LogP contribution in [0.25, 0.3) is 0 Å². The van der Waals surface area contributed by atoms with E-state index in [4.69, 9.17) is 0 Å². The van der Waals surface area contributed by atoms with E-state index in [-0.39, 0.29) is 6.10 Å². The summed E-state index contributed by atoms with van der Waals surface area (Å²) in [6.07, 6.45) is 5.12. The molecule has 1 aromatic rings. The van der Waals surface area contributed by atoms with Gasteiger partial charge in [-0.2, -0.15) is 0 Å². The number of aromatic nitrogens is 2. The van der Waals surface area contributed by atoms with E-state index in [2.05, 4.69) is 15.3 Å². The number of nitrogens with one attached hydrogen (secondary N) is 1. The van der Waals surface area contributed by atoms with E-state index in [9.17, 15) is 5.11 Å². The van der Waals surface area contributed by atoms with Gasteiger partial charge in [0.05, 0.1) is 6.10 Å². The van der Waals surface area contributed by atoms with Crippen molar-refractivity contribution >= 4 is 5.82 Å². The van der Waals surface area contributed by atoms with Crippen LogP contribution in [0.15, 0.2) is 0 Å². The number of hydrogen-bond donors (Lipinski definition) is 2. The van der Waals surface area contributed by atoms with Gasteiger partial charge < -0.3 is 10.4 Å². The summed E-state index contributed by atoms with van der Waals surface area (Å²) in [5, 5.41) is 13.2. The molecule has 0 aromatic carbocycles. The monoisotopic (exact) mass is 263 g/mol. The minimum absolute atomic E-state index is 0.244. The third-order valence-corrected chi connectivity index (χ3v) is 3.80. The first kappa shape index (κ1) is 14.3. The van der Waals surface area contributed by atoms with Gasteiger partial charge in [-0.15, -0.1) is 0 Å². The maximum Gasteiger partial charge on any atom is 0.133 e. The average Bonchev–Trinajstić information content (AvgIpc) is 2.38. The molecule has 1 aliphatic rings. The molecule has 0 saturated heterocycles. The van der Waals surface area contributed by atoms with Gasteiger partial charge in [0.1, 0.15) is 11.6 Å². The van der Waals surface area contributed by atoms with Crippen LogP contribution in [0.1, 0.15) is 50.2 Å². The van der Waals surface area contributed by atoms with Crippen LogP contribution in [0.2, 0.25) is 0 Å². The fourth-order valence-electron chi connectivity index (χ4n) is 2.54. The SMILES string of the molecule is Cc1nc2c(c(NCCC(O)C(C)C)n1)CCCC2. The number of aliphatic hydroxyl groups excluding tert-OH is 1. The molecule has 2 N–H and O–H groups in total. The van der Waals surface area contributed by atoms with Crippen LogP contribution in [-0.4, -0.2) is 27.7 Å². The van der Waals surface area contributed by atoms with Crippen molar-refractivity contribution in [3.8, 4) is 0 Å². The van der Waals surface area contributed by atoms with E-state index < -0.39 is 0 Å². The number of aliphatic hydroxyl groups is 1. The number of nitrogens with zero attached hydrogens (tertiary/aromatic N) is 2. The smallest absolute Gasteiger partial charge is 0.133 e. The Hall–Kier alpha value is -1.16. The lowest BCUT2D eigenvalue weighted by molar-refractivity contribution is 0.120. The highest BCUT2D eigenvalue weighted by Crippen LogP contribution is 2.25. The summed E-state index contributed by atoms with van der Waals surface area (Å²) < 4.78 is 0. The van der Waals surface area contributed by atoms with Crippen LogP contribution in [0, 0.1) is 12.8 Å². The molecule has 1 aromatic heterocycles. The number of aryl methyl sites for hydroxylation is 2. The Morgan fingerprint density at radius 1 is 1.21 bits per heavy atom. The summed E-state index contributed by atoms with van der Waals surface area (Å²) in [6, 6.07) is 0. The lowest BCUT2D eigenvalue weighted by atomic mass is 9.96. The zero-order valence-corrected chi connectivity index (χ0v) is 12.2. The van der Waals surface area contributed by atoms with E-state index >= 15 is 0 Å². The molecule has 19 heavy (non-hydrogen) atoms. The predicted molar refractivity (Wildman–Crippen MR) is 77.4 cm³/mol. The van der Waals surface area contributed by atoms with Crippen molar-refractivity contribution in [3.63, 3.8) is 0 Å². The van der Waals surface area contributed by atoms with E-state index in [1.54, 1.807) is 0 Å². The van der Waals surface area contributed by atoms with Gasteiger partial charge in [0.2, 0.25) is 0 Å². The molecule has 0 radical (unpaired) electrons. The Bertz CT molecular complexity index is 432. The first-order valence-electron chi connectivity index (χ1n) is 7.36. The molecule has 4 heteroatoms. The molecule has 0 fully saturated rings. The van der Waals surface area contributed by atoms with Gasteiger partial charge in [-0.05, 0) is 44.9 Å². The summed E-state index contributed by atoms with van der Waals surface area (Å²) in [5.41, 5.74) is 2.50. The first-order valence-corrected chi connectivity index (χ1v) is 7.36. The minimum Gasteiger partial charge on any atom is -0.393 e. The van der Waals surface area contributed by atoms with Crippen LogP contribution < -0.4 is 5.32 Å². The number of hydrogen-bond acceptors (Lipinski definition) is 4. The van der Waals surface area contributed by atoms with Crippen molar-refractivity contribution in [2.45, 2.75) is 59.0 Å². The highest BCUT2D eigenvalue weighted by Gasteiger charge is 2.17. The van der Waals surface area contributed by atoms with E-state index in [1.165, 1.54) is 24.1 Å². The second kappa shape index (κ2) is 6.33. The predicted octanol–water partition coefficient (Wildman–Crippen LogP) is 2.48. The number of fused-ring (bicyclic) bond motifs is 1. The van der Waals surface area contributed by atoms with Gasteiger partial charge in [0, 0.05) is 17.8 Å². The molecule has 1 atom stereocenters. The van der Waals surface area contributed by atoms with Crippen molar-refractivity contribution in [1.82, 2.24) is 9.97 Å². The second-order valence-electron chi connectivity index (χ2n) is 5.78. The normalized spacial score (nSPS) is 16.3. The van der Waals surface area contributed by atoms with Crippen LogP contribution in [0.4, 0.5) is 5.82 Å². The summed E-state index contributed by atoms with van der Waals surface area (Å²) in [7, 11) is 0. The van der Waals surface area contributed by atoms with Gasteiger partial charge in [0.15, 0.2) is 0 Å². The third-order valence-electron chi connectivity index (χ3n) is 3.80. The Kier molecular flexibility index (Phi) is 4.75. The second-order valence-corrected chi connectivity index (χ2v) is 5.78. The lowest BCUT2D eigenvalue weighted by Gasteiger charge is -2.20. The molecular formula is C15H25N3O. The molecule has 1 aliphatic carbocycles. The highest BCUT2D eigenvalue weighted by atomic mass is 16.3. The van der Waals surface area contributed by atoms with Crippen molar-refractivity contribution in [1.29, 1.82) is 0 Å². The first-order chi connectivity index (χ1) is 9.08. The molecule has 106 valence electrons. The fourth-order valence-corrected chi connectivity index (χ4v) is 2.54. The molecule has 0 saturated carbocycles. The molecule has 2 rings (SSSR count). The molecule has 0 bridgehead atoms. The molecule has 0 aliphatic heterocycles. The Balaban J connectivity index is 2.02. The summed E-state index contributed by atoms with van der Waals surface area (Å²) in [5.74, 6) is 2.13. The largest absolute Gasteiger partial charge is 0.393 e. The summed E-state index contributed by atoms with van der Waals surface area (Å²) in [4.78, 5) is 9.07. The molecule has 0 amide bonds. The standard InChI is InChI=1S/C15H25N3O/c1-10(2)14(19)8-9-16-15-12-6-4-5-7-13(12)17-11(3)18-15/h10,14,19H,4-9H2,1-3H3,(H,16,17,18).